The summed E-state index contributed by atoms with van der Waals surface area (Å²) in [6, 6.07) is 6.01. The minimum absolute atomic E-state index is 0.105. The van der Waals surface area contributed by atoms with Gasteiger partial charge in [-0.15, -0.1) is 0 Å². The summed E-state index contributed by atoms with van der Waals surface area (Å²) in [6.45, 7) is 2.89. The van der Waals surface area contributed by atoms with Crippen molar-refractivity contribution in [3.05, 3.63) is 23.8 Å². The molecule has 1 fully saturated rings. The fourth-order valence-corrected chi connectivity index (χ4v) is 2.47. The quantitative estimate of drug-likeness (QED) is 0.754. The van der Waals surface area contributed by atoms with E-state index in [2.05, 4.69) is 21.6 Å². The molecule has 4 heteroatoms. The number of nitrogens with one attached hydrogen (secondary N) is 2. The van der Waals surface area contributed by atoms with Crippen LogP contribution >= 0.6 is 0 Å². The molecule has 2 heterocycles. The highest BCUT2D eigenvalue weighted by Gasteiger charge is 2.21. The first-order chi connectivity index (χ1) is 7.84. The van der Waals surface area contributed by atoms with Crippen LogP contribution in [-0.4, -0.2) is 19.1 Å². The van der Waals surface area contributed by atoms with Crippen LogP contribution in [0, 0.1) is 0 Å². The van der Waals surface area contributed by atoms with Crippen molar-refractivity contribution >= 4 is 17.4 Å². The van der Waals surface area contributed by atoms with E-state index in [1.54, 1.807) is 0 Å². The van der Waals surface area contributed by atoms with Gasteiger partial charge in [0, 0.05) is 36.6 Å². The standard InChI is InChI=1S/C12H15N3O/c16-12-13-8-9-10(14-12)4-3-5-11(9)15-6-1-2-7-15/h3-5H,1-2,6-8H2,(H2,13,14,16). The van der Waals surface area contributed by atoms with Gasteiger partial charge < -0.3 is 15.5 Å². The van der Waals surface area contributed by atoms with E-state index in [-0.39, 0.29) is 6.03 Å². The van der Waals surface area contributed by atoms with Crippen LogP contribution in [0.4, 0.5) is 16.2 Å². The van der Waals surface area contributed by atoms with Gasteiger partial charge >= 0.3 is 6.03 Å². The predicted octanol–water partition coefficient (Wildman–Crippen LogP) is 1.92. The molecular weight excluding hydrogens is 202 g/mol. The van der Waals surface area contributed by atoms with Crippen molar-refractivity contribution in [2.24, 2.45) is 0 Å². The lowest BCUT2D eigenvalue weighted by atomic mass is 10.1. The van der Waals surface area contributed by atoms with E-state index < -0.39 is 0 Å². The van der Waals surface area contributed by atoms with Crippen LogP contribution in [0.25, 0.3) is 0 Å². The van der Waals surface area contributed by atoms with Crippen LogP contribution in [0.3, 0.4) is 0 Å². The molecular formula is C12H15N3O. The molecule has 0 aliphatic carbocycles. The van der Waals surface area contributed by atoms with Crippen LogP contribution in [-0.2, 0) is 6.54 Å². The molecule has 0 saturated carbocycles. The van der Waals surface area contributed by atoms with E-state index in [0.29, 0.717) is 6.54 Å². The molecule has 2 aliphatic heterocycles. The number of carbonyl (C=O) groups is 1. The molecule has 1 aromatic rings. The number of anilines is 2. The first kappa shape index (κ1) is 9.51. The Balaban J connectivity index is 1.99. The molecule has 0 atom stereocenters. The molecule has 3 rings (SSSR count). The minimum atomic E-state index is -0.105. The number of benzene rings is 1. The Morgan fingerprint density at radius 1 is 1.19 bits per heavy atom. The van der Waals surface area contributed by atoms with Crippen molar-refractivity contribution in [2.45, 2.75) is 19.4 Å². The van der Waals surface area contributed by atoms with Crippen molar-refractivity contribution in [2.75, 3.05) is 23.3 Å². The van der Waals surface area contributed by atoms with Crippen LogP contribution < -0.4 is 15.5 Å². The summed E-state index contributed by atoms with van der Waals surface area (Å²) in [4.78, 5) is 13.6. The Hall–Kier alpha value is -1.71. The Morgan fingerprint density at radius 3 is 2.81 bits per heavy atom. The third kappa shape index (κ3) is 1.50. The summed E-state index contributed by atoms with van der Waals surface area (Å²) in [5.41, 5.74) is 3.43. The fraction of sp³-hybridized carbons (Fsp3) is 0.417. The highest BCUT2D eigenvalue weighted by molar-refractivity contribution is 5.93. The normalized spacial score (nSPS) is 19.0. The van der Waals surface area contributed by atoms with Gasteiger partial charge in [-0.25, -0.2) is 4.79 Å². The highest BCUT2D eigenvalue weighted by Crippen LogP contribution is 2.31. The van der Waals surface area contributed by atoms with Crippen molar-refractivity contribution in [1.82, 2.24) is 5.32 Å². The molecule has 0 aromatic heterocycles. The van der Waals surface area contributed by atoms with Gasteiger partial charge in [-0.1, -0.05) is 6.07 Å². The molecule has 4 nitrogen and oxygen atoms in total. The fourth-order valence-electron chi connectivity index (χ4n) is 2.47. The number of hydrogen-bond donors (Lipinski definition) is 2. The van der Waals surface area contributed by atoms with E-state index >= 15 is 0 Å². The van der Waals surface area contributed by atoms with Crippen LogP contribution in [0.5, 0.6) is 0 Å². The molecule has 1 saturated heterocycles. The summed E-state index contributed by atoms with van der Waals surface area (Å²) in [7, 11) is 0. The van der Waals surface area contributed by atoms with E-state index in [1.165, 1.54) is 24.1 Å². The summed E-state index contributed by atoms with van der Waals surface area (Å²) in [6.07, 6.45) is 2.53. The molecule has 1 aromatic carbocycles. The van der Waals surface area contributed by atoms with Crippen molar-refractivity contribution in [3.63, 3.8) is 0 Å². The summed E-state index contributed by atoms with van der Waals surface area (Å²) >= 11 is 0. The second kappa shape index (κ2) is 3.70. The maximum Gasteiger partial charge on any atom is 0.319 e. The number of carbonyl (C=O) groups excluding carboxylic acids is 1. The van der Waals surface area contributed by atoms with E-state index in [9.17, 15) is 4.79 Å². The first-order valence-electron chi connectivity index (χ1n) is 5.76. The van der Waals surface area contributed by atoms with Crippen molar-refractivity contribution in [3.8, 4) is 0 Å². The molecule has 84 valence electrons. The lowest BCUT2D eigenvalue weighted by Gasteiger charge is -2.26. The Kier molecular flexibility index (Phi) is 2.20. The molecule has 0 radical (unpaired) electrons. The van der Waals surface area contributed by atoms with Gasteiger partial charge in [0.15, 0.2) is 0 Å². The molecule has 0 bridgehead atoms. The predicted molar refractivity (Wildman–Crippen MR) is 63.7 cm³/mol. The number of hydrogen-bond acceptors (Lipinski definition) is 2. The minimum Gasteiger partial charge on any atom is -0.371 e. The number of rotatable bonds is 1. The second-order valence-corrected chi connectivity index (χ2v) is 4.31. The van der Waals surface area contributed by atoms with Crippen LogP contribution in [0.15, 0.2) is 18.2 Å². The lowest BCUT2D eigenvalue weighted by molar-refractivity contribution is 0.251. The molecule has 2 aliphatic rings. The SMILES string of the molecule is O=C1NCc2c(cccc2N2CCCC2)N1. The molecule has 16 heavy (non-hydrogen) atoms. The average Bonchev–Trinajstić information content (AvgIpc) is 2.81. The Morgan fingerprint density at radius 2 is 2.00 bits per heavy atom. The zero-order valence-corrected chi connectivity index (χ0v) is 9.12. The Bertz CT molecular complexity index is 424. The summed E-state index contributed by atoms with van der Waals surface area (Å²) in [5.74, 6) is 0. The molecule has 0 unspecified atom stereocenters. The van der Waals surface area contributed by atoms with Gasteiger partial charge in [0.05, 0.1) is 0 Å². The van der Waals surface area contributed by atoms with E-state index in [4.69, 9.17) is 0 Å². The smallest absolute Gasteiger partial charge is 0.319 e. The largest absolute Gasteiger partial charge is 0.371 e. The topological polar surface area (TPSA) is 44.4 Å². The van der Waals surface area contributed by atoms with Gasteiger partial charge in [-0.05, 0) is 25.0 Å². The summed E-state index contributed by atoms with van der Waals surface area (Å²) in [5, 5.41) is 5.67. The first-order valence-corrected chi connectivity index (χ1v) is 5.76. The average molecular weight is 217 g/mol. The number of amides is 2. The zero-order valence-electron chi connectivity index (χ0n) is 9.12. The summed E-state index contributed by atoms with van der Waals surface area (Å²) < 4.78 is 0. The van der Waals surface area contributed by atoms with Gasteiger partial charge in [0.2, 0.25) is 0 Å². The molecule has 0 spiro atoms. The van der Waals surface area contributed by atoms with E-state index in [0.717, 1.165) is 18.8 Å². The molecule has 2 N–H and O–H groups in total. The van der Waals surface area contributed by atoms with Crippen LogP contribution in [0.2, 0.25) is 0 Å². The van der Waals surface area contributed by atoms with Gasteiger partial charge in [0.25, 0.3) is 0 Å². The van der Waals surface area contributed by atoms with Gasteiger partial charge in [-0.3, -0.25) is 0 Å². The van der Waals surface area contributed by atoms with Crippen molar-refractivity contribution < 1.29 is 4.79 Å². The number of urea groups is 1. The van der Waals surface area contributed by atoms with Crippen LogP contribution in [0.1, 0.15) is 18.4 Å². The third-order valence-corrected chi connectivity index (χ3v) is 3.27. The second-order valence-electron chi connectivity index (χ2n) is 4.31. The highest BCUT2D eigenvalue weighted by atomic mass is 16.2. The third-order valence-electron chi connectivity index (χ3n) is 3.27. The maximum absolute atomic E-state index is 11.2. The zero-order chi connectivity index (χ0) is 11.0. The Labute approximate surface area is 94.6 Å². The van der Waals surface area contributed by atoms with Gasteiger partial charge in [-0.2, -0.15) is 0 Å². The van der Waals surface area contributed by atoms with E-state index in [1.807, 2.05) is 12.1 Å². The lowest BCUT2D eigenvalue weighted by Crippen LogP contribution is -2.34. The van der Waals surface area contributed by atoms with Crippen molar-refractivity contribution in [1.29, 1.82) is 0 Å². The van der Waals surface area contributed by atoms with Gasteiger partial charge in [0.1, 0.15) is 0 Å². The number of nitrogens with zero attached hydrogens (tertiary/aromatic N) is 1. The number of fused-ring (bicyclic) bond motifs is 1. The maximum atomic E-state index is 11.2. The monoisotopic (exact) mass is 217 g/mol. The molecule has 2 amide bonds.